The minimum Gasteiger partial charge on any atom is -0.477 e. The van der Waals surface area contributed by atoms with Crippen molar-refractivity contribution < 1.29 is 19.5 Å². The highest BCUT2D eigenvalue weighted by atomic mass is 32.1. The zero-order valence-electron chi connectivity index (χ0n) is 10.7. The molecule has 106 valence electrons. The topological polar surface area (TPSA) is 77.9 Å². The van der Waals surface area contributed by atoms with Gasteiger partial charge in [0.25, 0.3) is 0 Å². The van der Waals surface area contributed by atoms with E-state index in [9.17, 15) is 14.4 Å². The molecule has 2 aliphatic rings. The van der Waals surface area contributed by atoms with E-state index in [-0.39, 0.29) is 29.3 Å². The number of hydrogen-bond acceptors (Lipinski definition) is 4. The Bertz CT molecular complexity index is 583. The molecule has 20 heavy (non-hydrogen) atoms. The van der Waals surface area contributed by atoms with Gasteiger partial charge in [-0.15, -0.1) is 11.3 Å². The van der Waals surface area contributed by atoms with Gasteiger partial charge in [-0.2, -0.15) is 0 Å². The highest BCUT2D eigenvalue weighted by Crippen LogP contribution is 2.26. The molecule has 2 fully saturated rings. The second-order valence-electron chi connectivity index (χ2n) is 5.01. The van der Waals surface area contributed by atoms with Crippen LogP contribution in [0.2, 0.25) is 0 Å². The number of thiophene rings is 1. The van der Waals surface area contributed by atoms with Crippen LogP contribution in [-0.4, -0.2) is 51.8 Å². The van der Waals surface area contributed by atoms with Gasteiger partial charge in [0.15, 0.2) is 0 Å². The third-order valence-corrected chi connectivity index (χ3v) is 4.77. The van der Waals surface area contributed by atoms with Crippen LogP contribution in [0.4, 0.5) is 0 Å². The smallest absolute Gasteiger partial charge is 0.345 e. The van der Waals surface area contributed by atoms with Crippen LogP contribution in [0.1, 0.15) is 27.4 Å². The van der Waals surface area contributed by atoms with E-state index in [1.54, 1.807) is 11.0 Å². The minimum absolute atomic E-state index is 0.0119. The molecule has 3 heterocycles. The Morgan fingerprint density at radius 1 is 1.40 bits per heavy atom. The van der Waals surface area contributed by atoms with Gasteiger partial charge in [-0.25, -0.2) is 4.79 Å². The summed E-state index contributed by atoms with van der Waals surface area (Å²) in [6, 6.07) is 2.92. The Kier molecular flexibility index (Phi) is 3.21. The number of rotatable bonds is 3. The van der Waals surface area contributed by atoms with Crippen molar-refractivity contribution in [1.29, 1.82) is 0 Å². The Labute approximate surface area is 119 Å². The van der Waals surface area contributed by atoms with E-state index in [2.05, 4.69) is 0 Å². The van der Waals surface area contributed by atoms with E-state index >= 15 is 0 Å². The van der Waals surface area contributed by atoms with E-state index in [4.69, 9.17) is 5.11 Å². The molecule has 2 amide bonds. The minimum atomic E-state index is -0.968. The van der Waals surface area contributed by atoms with Crippen molar-refractivity contribution >= 4 is 29.1 Å². The molecular formula is C13H14N2O4S. The predicted molar refractivity (Wildman–Crippen MR) is 71.4 cm³/mol. The Morgan fingerprint density at radius 3 is 2.90 bits per heavy atom. The molecule has 0 bridgehead atoms. The summed E-state index contributed by atoms with van der Waals surface area (Å²) in [5.74, 6) is -1.00. The van der Waals surface area contributed by atoms with E-state index in [1.807, 2.05) is 0 Å². The molecule has 1 aromatic rings. The molecule has 0 saturated carbocycles. The Hall–Kier alpha value is -1.89. The molecule has 2 saturated heterocycles. The quantitative estimate of drug-likeness (QED) is 0.893. The van der Waals surface area contributed by atoms with Crippen molar-refractivity contribution in [3.63, 3.8) is 0 Å². The van der Waals surface area contributed by atoms with E-state index in [1.165, 1.54) is 11.0 Å². The lowest BCUT2D eigenvalue weighted by Gasteiger charge is -2.36. The summed E-state index contributed by atoms with van der Waals surface area (Å²) in [7, 11) is 0. The maximum absolute atomic E-state index is 12.3. The van der Waals surface area contributed by atoms with Gasteiger partial charge >= 0.3 is 5.97 Å². The summed E-state index contributed by atoms with van der Waals surface area (Å²) in [4.78, 5) is 39.4. The first-order valence-corrected chi connectivity index (χ1v) is 7.28. The van der Waals surface area contributed by atoms with Gasteiger partial charge in [-0.05, 0) is 25.0 Å². The van der Waals surface area contributed by atoms with Gasteiger partial charge < -0.3 is 14.9 Å². The maximum Gasteiger partial charge on any atom is 0.345 e. The van der Waals surface area contributed by atoms with Crippen LogP contribution in [-0.2, 0) is 16.1 Å². The molecule has 1 N–H and O–H groups in total. The second-order valence-corrected chi connectivity index (χ2v) is 6.18. The second kappa shape index (κ2) is 4.90. The number of piperazine rings is 1. The van der Waals surface area contributed by atoms with Crippen molar-refractivity contribution in [2.24, 2.45) is 0 Å². The van der Waals surface area contributed by atoms with Crippen LogP contribution >= 0.6 is 11.3 Å². The average Bonchev–Trinajstić information content (AvgIpc) is 3.04. The zero-order valence-corrected chi connectivity index (χ0v) is 11.6. The summed E-state index contributed by atoms with van der Waals surface area (Å²) in [6.45, 7) is 1.08. The summed E-state index contributed by atoms with van der Waals surface area (Å²) >= 11 is 1.14. The average molecular weight is 294 g/mol. The monoisotopic (exact) mass is 294 g/mol. The van der Waals surface area contributed by atoms with Gasteiger partial charge in [0.2, 0.25) is 11.8 Å². The van der Waals surface area contributed by atoms with Crippen molar-refractivity contribution in [3.05, 3.63) is 21.9 Å². The fraction of sp³-hybridized carbons (Fsp3) is 0.462. The fourth-order valence-corrected chi connectivity index (χ4v) is 3.63. The number of carboxylic acid groups (broad SMARTS) is 1. The summed E-state index contributed by atoms with van der Waals surface area (Å²) in [5, 5.41) is 8.89. The van der Waals surface area contributed by atoms with Crippen molar-refractivity contribution in [3.8, 4) is 0 Å². The van der Waals surface area contributed by atoms with Crippen LogP contribution in [0.25, 0.3) is 0 Å². The van der Waals surface area contributed by atoms with Gasteiger partial charge in [0.1, 0.15) is 17.5 Å². The largest absolute Gasteiger partial charge is 0.477 e. The van der Waals surface area contributed by atoms with Crippen LogP contribution in [0.15, 0.2) is 12.1 Å². The van der Waals surface area contributed by atoms with E-state index in [0.29, 0.717) is 13.1 Å². The van der Waals surface area contributed by atoms with Crippen LogP contribution in [0.5, 0.6) is 0 Å². The number of nitrogens with zero attached hydrogens (tertiary/aromatic N) is 2. The third-order valence-electron chi connectivity index (χ3n) is 3.72. The summed E-state index contributed by atoms with van der Waals surface area (Å²) in [5.41, 5.74) is 0. The van der Waals surface area contributed by atoms with Crippen molar-refractivity contribution in [2.75, 3.05) is 13.1 Å². The molecule has 2 aliphatic heterocycles. The van der Waals surface area contributed by atoms with Crippen molar-refractivity contribution in [1.82, 2.24) is 9.80 Å². The van der Waals surface area contributed by atoms with E-state index < -0.39 is 5.97 Å². The molecule has 3 rings (SSSR count). The highest BCUT2D eigenvalue weighted by Gasteiger charge is 2.41. The van der Waals surface area contributed by atoms with E-state index in [0.717, 1.165) is 29.1 Å². The highest BCUT2D eigenvalue weighted by molar-refractivity contribution is 7.13. The SMILES string of the molecule is O=C(O)c1ccc(CN2CC(=O)N3CCCC3C2=O)s1. The number of fused-ring (bicyclic) bond motifs is 1. The Morgan fingerprint density at radius 2 is 2.20 bits per heavy atom. The lowest BCUT2D eigenvalue weighted by atomic mass is 10.1. The molecule has 0 radical (unpaired) electrons. The molecule has 0 aromatic carbocycles. The number of carbonyl (C=O) groups is 3. The number of hydrogen-bond donors (Lipinski definition) is 1. The van der Waals surface area contributed by atoms with Crippen LogP contribution in [0.3, 0.4) is 0 Å². The standard InChI is InChI=1S/C13H14N2O4S/c16-11-7-14(12(17)9-2-1-5-15(9)11)6-8-3-4-10(20-8)13(18)19/h3-4,9H,1-2,5-7H2,(H,18,19). The number of aromatic carboxylic acids is 1. The Balaban J connectivity index is 1.75. The number of carbonyl (C=O) groups excluding carboxylic acids is 2. The first-order valence-electron chi connectivity index (χ1n) is 6.46. The summed E-state index contributed by atoms with van der Waals surface area (Å²) < 4.78 is 0. The molecular weight excluding hydrogens is 280 g/mol. The van der Waals surface area contributed by atoms with Crippen LogP contribution in [0, 0.1) is 0 Å². The molecule has 0 spiro atoms. The molecule has 0 aliphatic carbocycles. The summed E-state index contributed by atoms with van der Waals surface area (Å²) in [6.07, 6.45) is 1.60. The van der Waals surface area contributed by atoms with Gasteiger partial charge in [0, 0.05) is 11.4 Å². The predicted octanol–water partition coefficient (Wildman–Crippen LogP) is 0.779. The van der Waals surface area contributed by atoms with Crippen LogP contribution < -0.4 is 0 Å². The molecule has 1 unspecified atom stereocenters. The van der Waals surface area contributed by atoms with Gasteiger partial charge in [-0.1, -0.05) is 0 Å². The maximum atomic E-state index is 12.3. The van der Waals surface area contributed by atoms with Crippen molar-refractivity contribution in [2.45, 2.75) is 25.4 Å². The van der Waals surface area contributed by atoms with Gasteiger partial charge in [0.05, 0.1) is 6.54 Å². The lowest BCUT2D eigenvalue weighted by Crippen LogP contribution is -2.56. The molecule has 1 atom stereocenters. The molecule has 7 heteroatoms. The molecule has 6 nitrogen and oxygen atoms in total. The normalized spacial score (nSPS) is 22.3. The third kappa shape index (κ3) is 2.18. The number of amides is 2. The first-order chi connectivity index (χ1) is 9.56. The zero-order chi connectivity index (χ0) is 14.3. The van der Waals surface area contributed by atoms with Gasteiger partial charge in [-0.3, -0.25) is 9.59 Å². The number of carboxylic acids is 1. The fourth-order valence-electron chi connectivity index (χ4n) is 2.76. The lowest BCUT2D eigenvalue weighted by molar-refractivity contribution is -0.154. The first kappa shape index (κ1) is 13.1. The molecule has 1 aromatic heterocycles.